The van der Waals surface area contributed by atoms with Crippen molar-refractivity contribution in [2.24, 2.45) is 0 Å². The molecule has 0 saturated heterocycles. The van der Waals surface area contributed by atoms with Gasteiger partial charge in [0.25, 0.3) is 0 Å². The highest BCUT2D eigenvalue weighted by Gasteiger charge is 2.11. The van der Waals surface area contributed by atoms with Crippen molar-refractivity contribution < 1.29 is 4.79 Å². The third kappa shape index (κ3) is 10.5. The molecule has 2 bridgehead atoms. The molecule has 154 valence electrons. The van der Waals surface area contributed by atoms with E-state index in [-0.39, 0.29) is 0 Å². The average molecular weight is 383 g/mol. The Balaban J connectivity index is 1.85. The molecule has 0 amide bonds. The SMILES string of the molecule is O=C/C=C\C1=C/NCCC/C=C\CCC2=CCCN(CCCC/C=C\CC1)C2. The molecular formula is C25H38N2O. The summed E-state index contributed by atoms with van der Waals surface area (Å²) in [6.45, 7) is 4.61. The van der Waals surface area contributed by atoms with E-state index in [0.29, 0.717) is 0 Å². The molecule has 0 fully saturated rings. The molecule has 2 aliphatic rings. The normalized spacial score (nSPS) is 28.1. The lowest BCUT2D eigenvalue weighted by atomic mass is 10.0. The van der Waals surface area contributed by atoms with Crippen molar-refractivity contribution in [3.8, 4) is 0 Å². The summed E-state index contributed by atoms with van der Waals surface area (Å²) in [5.74, 6) is 0. The van der Waals surface area contributed by atoms with E-state index in [4.69, 9.17) is 0 Å². The van der Waals surface area contributed by atoms with Gasteiger partial charge in [0.2, 0.25) is 0 Å². The van der Waals surface area contributed by atoms with Crippen LogP contribution in [0.5, 0.6) is 0 Å². The first kappa shape index (κ1) is 22.4. The van der Waals surface area contributed by atoms with Crippen LogP contribution in [-0.2, 0) is 4.79 Å². The van der Waals surface area contributed by atoms with Crippen LogP contribution in [0.15, 0.2) is 59.9 Å². The Bertz CT molecular complexity index is 583. The largest absolute Gasteiger partial charge is 0.391 e. The van der Waals surface area contributed by atoms with Gasteiger partial charge in [-0.15, -0.1) is 0 Å². The van der Waals surface area contributed by atoms with E-state index in [1.807, 2.05) is 6.08 Å². The molecule has 1 atom stereocenters. The van der Waals surface area contributed by atoms with Crippen LogP contribution in [0.3, 0.4) is 0 Å². The molecule has 2 rings (SSSR count). The number of carbonyl (C=O) groups is 1. The first-order valence-electron chi connectivity index (χ1n) is 11.1. The zero-order valence-corrected chi connectivity index (χ0v) is 17.5. The maximum atomic E-state index is 10.6. The van der Waals surface area contributed by atoms with E-state index in [1.54, 1.807) is 11.6 Å². The van der Waals surface area contributed by atoms with Crippen molar-refractivity contribution in [2.75, 3.05) is 26.2 Å². The molecule has 0 radical (unpaired) electrons. The summed E-state index contributed by atoms with van der Waals surface area (Å²) in [5, 5.41) is 3.40. The van der Waals surface area contributed by atoms with E-state index in [1.165, 1.54) is 63.7 Å². The maximum absolute atomic E-state index is 10.6. The Morgan fingerprint density at radius 1 is 0.857 bits per heavy atom. The van der Waals surface area contributed by atoms with E-state index < -0.39 is 0 Å². The van der Waals surface area contributed by atoms with Crippen LogP contribution in [0.25, 0.3) is 0 Å². The number of fused-ring (bicyclic) bond motifs is 2. The van der Waals surface area contributed by atoms with Crippen molar-refractivity contribution in [1.29, 1.82) is 0 Å². The molecule has 2 heterocycles. The minimum absolute atomic E-state index is 0.849. The second-order valence-electron chi connectivity index (χ2n) is 7.75. The first-order chi connectivity index (χ1) is 13.9. The van der Waals surface area contributed by atoms with Crippen LogP contribution in [0.1, 0.15) is 64.2 Å². The fraction of sp³-hybridized carbons (Fsp3) is 0.560. The lowest BCUT2D eigenvalue weighted by Gasteiger charge is -2.27. The number of rotatable bonds is 2. The summed E-state index contributed by atoms with van der Waals surface area (Å²) in [6.07, 6.45) is 29.8. The fourth-order valence-corrected chi connectivity index (χ4v) is 3.73. The fourth-order valence-electron chi connectivity index (χ4n) is 3.73. The van der Waals surface area contributed by atoms with Gasteiger partial charge in [-0.25, -0.2) is 0 Å². The first-order valence-corrected chi connectivity index (χ1v) is 11.1. The maximum Gasteiger partial charge on any atom is 0.142 e. The molecule has 1 unspecified atom stereocenters. The van der Waals surface area contributed by atoms with Gasteiger partial charge in [0.05, 0.1) is 0 Å². The van der Waals surface area contributed by atoms with Gasteiger partial charge in [0, 0.05) is 19.6 Å². The van der Waals surface area contributed by atoms with Crippen molar-refractivity contribution in [1.82, 2.24) is 10.2 Å². The van der Waals surface area contributed by atoms with Crippen molar-refractivity contribution in [2.45, 2.75) is 64.2 Å². The monoisotopic (exact) mass is 382 g/mol. The quantitative estimate of drug-likeness (QED) is 0.390. The predicted molar refractivity (Wildman–Crippen MR) is 120 cm³/mol. The van der Waals surface area contributed by atoms with Crippen molar-refractivity contribution >= 4 is 6.29 Å². The Labute approximate surface area is 172 Å². The molecule has 0 aromatic rings. The van der Waals surface area contributed by atoms with Gasteiger partial charge in [-0.2, -0.15) is 0 Å². The molecule has 3 heteroatoms. The molecule has 0 aromatic carbocycles. The smallest absolute Gasteiger partial charge is 0.142 e. The van der Waals surface area contributed by atoms with Crippen LogP contribution >= 0.6 is 0 Å². The Kier molecular flexibility index (Phi) is 12.1. The van der Waals surface area contributed by atoms with Crippen LogP contribution < -0.4 is 5.32 Å². The number of carbonyl (C=O) groups excluding carboxylic acids is 1. The molecule has 28 heavy (non-hydrogen) atoms. The lowest BCUT2D eigenvalue weighted by molar-refractivity contribution is -0.104. The van der Waals surface area contributed by atoms with Gasteiger partial charge < -0.3 is 5.32 Å². The number of hydrogen-bond acceptors (Lipinski definition) is 3. The molecule has 2 aliphatic heterocycles. The molecule has 0 saturated carbocycles. The number of allylic oxidation sites excluding steroid dienone is 7. The highest BCUT2D eigenvalue weighted by molar-refractivity contribution is 5.65. The van der Waals surface area contributed by atoms with Crippen LogP contribution in [0.4, 0.5) is 0 Å². The Hall–Kier alpha value is -1.87. The zero-order valence-electron chi connectivity index (χ0n) is 17.5. The van der Waals surface area contributed by atoms with E-state index in [0.717, 1.165) is 38.5 Å². The highest BCUT2D eigenvalue weighted by Crippen LogP contribution is 2.16. The summed E-state index contributed by atoms with van der Waals surface area (Å²) in [5.41, 5.74) is 2.82. The predicted octanol–water partition coefficient (Wildman–Crippen LogP) is 5.48. The van der Waals surface area contributed by atoms with Gasteiger partial charge in [0.1, 0.15) is 6.29 Å². The summed E-state index contributed by atoms with van der Waals surface area (Å²) in [7, 11) is 0. The van der Waals surface area contributed by atoms with E-state index in [2.05, 4.69) is 46.8 Å². The average Bonchev–Trinajstić information content (AvgIpc) is 2.71. The number of hydrogen-bond donors (Lipinski definition) is 1. The summed E-state index contributed by atoms with van der Waals surface area (Å²) < 4.78 is 0. The number of nitrogens with zero attached hydrogens (tertiary/aromatic N) is 1. The number of aldehydes is 1. The molecule has 1 N–H and O–H groups in total. The molecular weight excluding hydrogens is 344 g/mol. The summed E-state index contributed by atoms with van der Waals surface area (Å²) in [6, 6.07) is 0. The summed E-state index contributed by atoms with van der Waals surface area (Å²) >= 11 is 0. The van der Waals surface area contributed by atoms with E-state index in [9.17, 15) is 4.79 Å². The van der Waals surface area contributed by atoms with Gasteiger partial charge in [-0.3, -0.25) is 9.69 Å². The van der Waals surface area contributed by atoms with Crippen LogP contribution in [0.2, 0.25) is 0 Å². The van der Waals surface area contributed by atoms with Crippen molar-refractivity contribution in [3.63, 3.8) is 0 Å². The van der Waals surface area contributed by atoms with E-state index >= 15 is 0 Å². The van der Waals surface area contributed by atoms with Gasteiger partial charge in [-0.05, 0) is 88.6 Å². The molecule has 0 aromatic heterocycles. The second-order valence-corrected chi connectivity index (χ2v) is 7.75. The minimum atomic E-state index is 0.849. The Morgan fingerprint density at radius 3 is 2.50 bits per heavy atom. The van der Waals surface area contributed by atoms with Gasteiger partial charge >= 0.3 is 0 Å². The topological polar surface area (TPSA) is 32.3 Å². The summed E-state index contributed by atoms with van der Waals surface area (Å²) in [4.78, 5) is 13.3. The highest BCUT2D eigenvalue weighted by atomic mass is 16.1. The molecule has 0 spiro atoms. The standard InChI is InChI=1S/C25H38N2O/c28-21-13-17-24-14-8-4-1-2-7-11-19-27-20-12-16-25(23-27)15-9-5-3-6-10-18-26-22-24/h1,3-5,13,16-17,21-22,26H,2,6-12,14-15,18-20,23H2/b4-1-,5-3-,17-13-,24-22-. The minimum Gasteiger partial charge on any atom is -0.391 e. The Morgan fingerprint density at radius 2 is 1.64 bits per heavy atom. The third-order valence-corrected chi connectivity index (χ3v) is 5.33. The van der Waals surface area contributed by atoms with Gasteiger partial charge in [-0.1, -0.05) is 42.0 Å². The molecule has 0 aliphatic carbocycles. The third-order valence-electron chi connectivity index (χ3n) is 5.33. The van der Waals surface area contributed by atoms with Crippen LogP contribution in [-0.4, -0.2) is 37.4 Å². The second kappa shape index (κ2) is 15.1. The van der Waals surface area contributed by atoms with Gasteiger partial charge in [0.15, 0.2) is 0 Å². The van der Waals surface area contributed by atoms with Crippen LogP contribution in [0, 0.1) is 0 Å². The number of nitrogens with one attached hydrogen (secondary N) is 1. The molecule has 3 nitrogen and oxygen atoms in total. The zero-order chi connectivity index (χ0) is 19.7. The van der Waals surface area contributed by atoms with Crippen molar-refractivity contribution in [3.05, 3.63) is 59.9 Å². The lowest BCUT2D eigenvalue weighted by Crippen LogP contribution is -2.30.